The standard InChI is InChI=1S/C19H21ClN4S/c1-2-15-12-16-17(22-19(20)23-18(16)25-15)21-13-6-8-14(9-7-13)24-10-4-3-5-11-24/h6-9,12H,2-5,10-11H2,1H3,(H,21,22,23). The fraction of sp³-hybridized carbons (Fsp3) is 0.368. The molecule has 0 aliphatic carbocycles. The van der Waals surface area contributed by atoms with Gasteiger partial charge in [0.25, 0.3) is 0 Å². The Balaban J connectivity index is 1.59. The lowest BCUT2D eigenvalue weighted by atomic mass is 10.1. The van der Waals surface area contributed by atoms with E-state index in [4.69, 9.17) is 11.6 Å². The molecular formula is C19H21ClN4S. The van der Waals surface area contributed by atoms with Crippen LogP contribution >= 0.6 is 22.9 Å². The van der Waals surface area contributed by atoms with E-state index in [2.05, 4.69) is 57.4 Å². The normalized spacial score (nSPS) is 14.9. The molecular weight excluding hydrogens is 352 g/mol. The van der Waals surface area contributed by atoms with Crippen molar-refractivity contribution in [3.05, 3.63) is 40.5 Å². The van der Waals surface area contributed by atoms with Gasteiger partial charge < -0.3 is 10.2 Å². The summed E-state index contributed by atoms with van der Waals surface area (Å²) in [7, 11) is 0. The van der Waals surface area contributed by atoms with Crippen LogP contribution in [0.5, 0.6) is 0 Å². The Bertz CT molecular complexity index is 869. The first-order valence-electron chi connectivity index (χ1n) is 8.81. The summed E-state index contributed by atoms with van der Waals surface area (Å²) in [5, 5.41) is 4.72. The molecule has 1 N–H and O–H groups in total. The number of nitrogens with zero attached hydrogens (tertiary/aromatic N) is 3. The fourth-order valence-corrected chi connectivity index (χ4v) is 4.45. The molecule has 6 heteroatoms. The SMILES string of the molecule is CCc1cc2c(Nc3ccc(N4CCCCC4)cc3)nc(Cl)nc2s1. The second-order valence-electron chi connectivity index (χ2n) is 6.35. The third kappa shape index (κ3) is 3.58. The van der Waals surface area contributed by atoms with Gasteiger partial charge in [0.15, 0.2) is 0 Å². The zero-order chi connectivity index (χ0) is 17.2. The molecule has 1 aromatic carbocycles. The summed E-state index contributed by atoms with van der Waals surface area (Å²) in [4.78, 5) is 13.4. The van der Waals surface area contributed by atoms with Gasteiger partial charge in [0, 0.05) is 29.3 Å². The maximum Gasteiger partial charge on any atom is 0.225 e. The summed E-state index contributed by atoms with van der Waals surface area (Å²) in [5.41, 5.74) is 2.31. The van der Waals surface area contributed by atoms with E-state index in [-0.39, 0.29) is 5.28 Å². The largest absolute Gasteiger partial charge is 0.372 e. The minimum absolute atomic E-state index is 0.282. The van der Waals surface area contributed by atoms with Gasteiger partial charge in [0.2, 0.25) is 5.28 Å². The number of benzene rings is 1. The molecule has 0 unspecified atom stereocenters. The third-order valence-electron chi connectivity index (χ3n) is 4.62. The molecule has 3 aromatic rings. The molecule has 1 fully saturated rings. The molecule has 0 spiro atoms. The minimum atomic E-state index is 0.282. The van der Waals surface area contributed by atoms with E-state index in [1.165, 1.54) is 29.8 Å². The maximum atomic E-state index is 6.11. The van der Waals surface area contributed by atoms with E-state index in [0.717, 1.165) is 41.2 Å². The lowest BCUT2D eigenvalue weighted by Gasteiger charge is -2.28. The summed E-state index contributed by atoms with van der Waals surface area (Å²) in [5.74, 6) is 0.775. The molecule has 25 heavy (non-hydrogen) atoms. The van der Waals surface area contributed by atoms with Crippen LogP contribution in [0.2, 0.25) is 5.28 Å². The van der Waals surface area contributed by atoms with Crippen LogP contribution in [0.1, 0.15) is 31.1 Å². The first-order valence-corrected chi connectivity index (χ1v) is 10.0. The van der Waals surface area contributed by atoms with Gasteiger partial charge in [-0.1, -0.05) is 6.92 Å². The highest BCUT2D eigenvalue weighted by Gasteiger charge is 2.13. The average molecular weight is 373 g/mol. The van der Waals surface area contributed by atoms with Gasteiger partial charge in [-0.05, 0) is 67.6 Å². The van der Waals surface area contributed by atoms with Gasteiger partial charge in [0.05, 0.1) is 5.39 Å². The predicted octanol–water partition coefficient (Wildman–Crippen LogP) is 5.64. The van der Waals surface area contributed by atoms with Crippen LogP contribution in [-0.4, -0.2) is 23.1 Å². The number of hydrogen-bond acceptors (Lipinski definition) is 5. The van der Waals surface area contributed by atoms with Gasteiger partial charge in [-0.2, -0.15) is 4.98 Å². The topological polar surface area (TPSA) is 41.0 Å². The minimum Gasteiger partial charge on any atom is -0.372 e. The molecule has 0 bridgehead atoms. The summed E-state index contributed by atoms with van der Waals surface area (Å²) < 4.78 is 0. The lowest BCUT2D eigenvalue weighted by Crippen LogP contribution is -2.29. The molecule has 4 nitrogen and oxygen atoms in total. The zero-order valence-corrected chi connectivity index (χ0v) is 15.8. The van der Waals surface area contributed by atoms with Crippen molar-refractivity contribution in [1.29, 1.82) is 0 Å². The van der Waals surface area contributed by atoms with Crippen LogP contribution in [-0.2, 0) is 6.42 Å². The van der Waals surface area contributed by atoms with Gasteiger partial charge in [-0.15, -0.1) is 11.3 Å². The molecule has 3 heterocycles. The Morgan fingerprint density at radius 1 is 1.12 bits per heavy atom. The molecule has 1 saturated heterocycles. The molecule has 1 aliphatic rings. The number of hydrogen-bond donors (Lipinski definition) is 1. The quantitative estimate of drug-likeness (QED) is 0.601. The Hall–Kier alpha value is -1.85. The summed E-state index contributed by atoms with van der Waals surface area (Å²) >= 11 is 7.78. The summed E-state index contributed by atoms with van der Waals surface area (Å²) in [6.07, 6.45) is 4.91. The Morgan fingerprint density at radius 3 is 2.60 bits per heavy atom. The zero-order valence-electron chi connectivity index (χ0n) is 14.3. The predicted molar refractivity (Wildman–Crippen MR) is 108 cm³/mol. The van der Waals surface area contributed by atoms with Crippen LogP contribution in [0.4, 0.5) is 17.2 Å². The highest BCUT2D eigenvalue weighted by molar-refractivity contribution is 7.18. The number of fused-ring (bicyclic) bond motifs is 1. The lowest BCUT2D eigenvalue weighted by molar-refractivity contribution is 0.578. The second kappa shape index (κ2) is 7.18. The highest BCUT2D eigenvalue weighted by Crippen LogP contribution is 2.32. The van der Waals surface area contributed by atoms with E-state index in [9.17, 15) is 0 Å². The monoisotopic (exact) mass is 372 g/mol. The first kappa shape index (κ1) is 16.6. The van der Waals surface area contributed by atoms with Crippen LogP contribution in [0, 0.1) is 0 Å². The van der Waals surface area contributed by atoms with E-state index in [1.54, 1.807) is 11.3 Å². The smallest absolute Gasteiger partial charge is 0.225 e. The number of halogens is 1. The summed E-state index contributed by atoms with van der Waals surface area (Å²) in [6, 6.07) is 10.7. The van der Waals surface area contributed by atoms with Gasteiger partial charge in [-0.25, -0.2) is 4.98 Å². The first-order chi connectivity index (χ1) is 12.2. The van der Waals surface area contributed by atoms with Crippen molar-refractivity contribution in [2.75, 3.05) is 23.3 Å². The van der Waals surface area contributed by atoms with E-state index in [0.29, 0.717) is 0 Å². The Morgan fingerprint density at radius 2 is 1.88 bits per heavy atom. The van der Waals surface area contributed by atoms with Crippen molar-refractivity contribution < 1.29 is 0 Å². The van der Waals surface area contributed by atoms with Crippen LogP contribution in [0.3, 0.4) is 0 Å². The van der Waals surface area contributed by atoms with Crippen molar-refractivity contribution >= 4 is 50.3 Å². The molecule has 0 saturated carbocycles. The number of rotatable bonds is 4. The van der Waals surface area contributed by atoms with Gasteiger partial charge in [0.1, 0.15) is 10.6 Å². The van der Waals surface area contributed by atoms with Gasteiger partial charge >= 0.3 is 0 Å². The fourth-order valence-electron chi connectivity index (χ4n) is 3.26. The number of aromatic nitrogens is 2. The van der Waals surface area contributed by atoms with Crippen LogP contribution in [0.25, 0.3) is 10.2 Å². The highest BCUT2D eigenvalue weighted by atomic mass is 35.5. The van der Waals surface area contributed by atoms with E-state index < -0.39 is 0 Å². The van der Waals surface area contributed by atoms with Crippen LogP contribution < -0.4 is 10.2 Å². The van der Waals surface area contributed by atoms with Crippen molar-refractivity contribution in [2.24, 2.45) is 0 Å². The van der Waals surface area contributed by atoms with Crippen molar-refractivity contribution in [3.8, 4) is 0 Å². The van der Waals surface area contributed by atoms with Crippen molar-refractivity contribution in [1.82, 2.24) is 9.97 Å². The molecule has 1 aliphatic heterocycles. The maximum absolute atomic E-state index is 6.11. The number of aryl methyl sites for hydroxylation is 1. The molecule has 0 radical (unpaired) electrons. The number of piperidine rings is 1. The van der Waals surface area contributed by atoms with Crippen molar-refractivity contribution in [2.45, 2.75) is 32.6 Å². The number of nitrogens with one attached hydrogen (secondary N) is 1. The number of anilines is 3. The van der Waals surface area contributed by atoms with E-state index in [1.807, 2.05) is 0 Å². The average Bonchev–Trinajstić information content (AvgIpc) is 3.06. The summed E-state index contributed by atoms with van der Waals surface area (Å²) in [6.45, 7) is 4.46. The Kier molecular flexibility index (Phi) is 4.77. The van der Waals surface area contributed by atoms with Crippen LogP contribution in [0.15, 0.2) is 30.3 Å². The molecule has 2 aromatic heterocycles. The Labute approximate surface area is 156 Å². The second-order valence-corrected chi connectivity index (χ2v) is 7.80. The van der Waals surface area contributed by atoms with Gasteiger partial charge in [-0.3, -0.25) is 0 Å². The molecule has 0 amide bonds. The molecule has 130 valence electrons. The molecule has 0 atom stereocenters. The number of thiophene rings is 1. The van der Waals surface area contributed by atoms with E-state index >= 15 is 0 Å². The third-order valence-corrected chi connectivity index (χ3v) is 5.96. The van der Waals surface area contributed by atoms with Crippen molar-refractivity contribution in [3.63, 3.8) is 0 Å². The molecule has 4 rings (SSSR count).